The highest BCUT2D eigenvalue weighted by atomic mass is 16.5. The summed E-state index contributed by atoms with van der Waals surface area (Å²) in [7, 11) is 0. The van der Waals surface area contributed by atoms with Gasteiger partial charge < -0.3 is 10.1 Å². The quantitative estimate of drug-likeness (QED) is 0.884. The minimum absolute atomic E-state index is 0.158. The van der Waals surface area contributed by atoms with E-state index in [1.165, 1.54) is 0 Å². The molecule has 18 heavy (non-hydrogen) atoms. The molecule has 4 heteroatoms. The van der Waals surface area contributed by atoms with Crippen LogP contribution in [0.25, 0.3) is 0 Å². The number of Topliss-reactive ketones (excluding diaryl/α,β-unsaturated/α-hetero) is 1. The number of ether oxygens (including phenoxy) is 1. The second kappa shape index (κ2) is 4.44. The van der Waals surface area contributed by atoms with Crippen LogP contribution in [0.3, 0.4) is 0 Å². The second-order valence-electron chi connectivity index (χ2n) is 5.01. The summed E-state index contributed by atoms with van der Waals surface area (Å²) in [4.78, 5) is 22.6. The molecule has 4 nitrogen and oxygen atoms in total. The van der Waals surface area contributed by atoms with Crippen LogP contribution >= 0.6 is 0 Å². The van der Waals surface area contributed by atoms with Crippen molar-refractivity contribution < 1.29 is 14.3 Å². The van der Waals surface area contributed by atoms with E-state index >= 15 is 0 Å². The molecule has 1 N–H and O–H groups in total. The Morgan fingerprint density at radius 3 is 2.56 bits per heavy atom. The number of carbonyl (C=O) groups excluding carboxylic acids is 2. The number of hydrogen-bond acceptors (Lipinski definition) is 3. The van der Waals surface area contributed by atoms with Gasteiger partial charge in [0.15, 0.2) is 0 Å². The van der Waals surface area contributed by atoms with Gasteiger partial charge in [0.2, 0.25) is 0 Å². The fourth-order valence-corrected chi connectivity index (χ4v) is 2.73. The van der Waals surface area contributed by atoms with Gasteiger partial charge in [-0.25, -0.2) is 4.79 Å². The van der Waals surface area contributed by atoms with Crippen molar-refractivity contribution >= 4 is 11.9 Å². The van der Waals surface area contributed by atoms with Crippen molar-refractivity contribution in [2.45, 2.75) is 25.5 Å². The topological polar surface area (TPSA) is 55.4 Å². The number of nitrogens with one attached hydrogen (secondary N) is 1. The summed E-state index contributed by atoms with van der Waals surface area (Å²) in [6, 6.07) is 9.73. The standard InChI is InChI=1S/C14H15NO3/c16-10-6-11-12(7-10)13(11)15-14(17)18-8-9-4-2-1-3-5-9/h1-5,11-13H,6-8H2,(H,15,17)/t11-,12+,13?. The molecule has 3 atom stereocenters. The average Bonchev–Trinajstić information content (AvgIpc) is 2.84. The molecular formula is C14H15NO3. The van der Waals surface area contributed by atoms with Gasteiger partial charge in [0.25, 0.3) is 0 Å². The summed E-state index contributed by atoms with van der Waals surface area (Å²) < 4.78 is 5.14. The lowest BCUT2D eigenvalue weighted by atomic mass is 10.2. The number of rotatable bonds is 3. The summed E-state index contributed by atoms with van der Waals surface area (Å²) in [6.45, 7) is 0.285. The molecule has 0 heterocycles. The van der Waals surface area contributed by atoms with Crippen LogP contribution in [0, 0.1) is 11.8 Å². The number of alkyl carbamates (subject to hydrolysis) is 1. The molecule has 94 valence electrons. The Kier molecular flexibility index (Phi) is 2.78. The van der Waals surface area contributed by atoms with Crippen LogP contribution < -0.4 is 5.32 Å². The Balaban J connectivity index is 1.43. The van der Waals surface area contributed by atoms with E-state index < -0.39 is 0 Å². The molecule has 1 unspecified atom stereocenters. The third-order valence-electron chi connectivity index (χ3n) is 3.76. The van der Waals surface area contributed by atoms with Gasteiger partial charge in [0.1, 0.15) is 12.4 Å². The fourth-order valence-electron chi connectivity index (χ4n) is 2.73. The number of benzene rings is 1. The normalized spacial score (nSPS) is 28.7. The van der Waals surface area contributed by atoms with E-state index in [9.17, 15) is 9.59 Å². The van der Waals surface area contributed by atoms with Crippen molar-refractivity contribution in [1.82, 2.24) is 5.32 Å². The maximum atomic E-state index is 11.6. The maximum absolute atomic E-state index is 11.6. The number of ketones is 1. The Labute approximate surface area is 105 Å². The molecule has 0 spiro atoms. The first-order chi connectivity index (χ1) is 8.74. The largest absolute Gasteiger partial charge is 0.445 e. The van der Waals surface area contributed by atoms with E-state index in [2.05, 4.69) is 5.32 Å². The van der Waals surface area contributed by atoms with Gasteiger partial charge in [0.05, 0.1) is 0 Å². The van der Waals surface area contributed by atoms with Crippen molar-refractivity contribution in [3.8, 4) is 0 Å². The molecule has 3 rings (SSSR count). The molecule has 1 aromatic rings. The van der Waals surface area contributed by atoms with E-state index in [1.54, 1.807) is 0 Å². The molecule has 2 aliphatic rings. The highest BCUT2D eigenvalue weighted by molar-refractivity contribution is 5.84. The molecule has 2 saturated carbocycles. The third kappa shape index (κ3) is 2.23. The van der Waals surface area contributed by atoms with Gasteiger partial charge in [-0.15, -0.1) is 0 Å². The first-order valence-electron chi connectivity index (χ1n) is 6.23. The first kappa shape index (κ1) is 11.3. The summed E-state index contributed by atoms with van der Waals surface area (Å²) in [5, 5.41) is 2.83. The minimum atomic E-state index is -0.384. The van der Waals surface area contributed by atoms with Crippen LogP contribution in [-0.4, -0.2) is 17.9 Å². The van der Waals surface area contributed by atoms with E-state index in [0.717, 1.165) is 5.56 Å². The monoisotopic (exact) mass is 245 g/mol. The lowest BCUT2D eigenvalue weighted by Crippen LogP contribution is -2.29. The molecule has 0 bridgehead atoms. The maximum Gasteiger partial charge on any atom is 0.407 e. The van der Waals surface area contributed by atoms with Crippen molar-refractivity contribution in [1.29, 1.82) is 0 Å². The van der Waals surface area contributed by atoms with Crippen LogP contribution in [0.5, 0.6) is 0 Å². The van der Waals surface area contributed by atoms with E-state index in [-0.39, 0.29) is 18.7 Å². The van der Waals surface area contributed by atoms with Crippen molar-refractivity contribution in [3.63, 3.8) is 0 Å². The Morgan fingerprint density at radius 1 is 1.22 bits per heavy atom. The molecule has 1 amide bonds. The third-order valence-corrected chi connectivity index (χ3v) is 3.76. The summed E-state index contributed by atoms with van der Waals surface area (Å²) in [5.41, 5.74) is 0.971. The first-order valence-corrected chi connectivity index (χ1v) is 6.23. The lowest BCUT2D eigenvalue weighted by molar-refractivity contribution is -0.118. The summed E-state index contributed by atoms with van der Waals surface area (Å²) in [6.07, 6.45) is 0.855. The Bertz CT molecular complexity index is 457. The van der Waals surface area contributed by atoms with E-state index in [1.807, 2.05) is 30.3 Å². The van der Waals surface area contributed by atoms with Crippen molar-refractivity contribution in [2.24, 2.45) is 11.8 Å². The van der Waals surface area contributed by atoms with Crippen LogP contribution in [0.15, 0.2) is 30.3 Å². The molecule has 0 radical (unpaired) electrons. The predicted octanol–water partition coefficient (Wildman–Crippen LogP) is 1.89. The fraction of sp³-hybridized carbons (Fsp3) is 0.429. The van der Waals surface area contributed by atoms with Crippen molar-refractivity contribution in [2.75, 3.05) is 0 Å². The molecule has 2 aliphatic carbocycles. The Hall–Kier alpha value is -1.84. The van der Waals surface area contributed by atoms with Crippen molar-refractivity contribution in [3.05, 3.63) is 35.9 Å². The van der Waals surface area contributed by atoms with Crippen LogP contribution in [-0.2, 0) is 16.1 Å². The van der Waals surface area contributed by atoms with Gasteiger partial charge in [-0.2, -0.15) is 0 Å². The zero-order chi connectivity index (χ0) is 12.5. The number of carbonyl (C=O) groups is 2. The Morgan fingerprint density at radius 2 is 1.89 bits per heavy atom. The van der Waals surface area contributed by atoms with Gasteiger partial charge in [0, 0.05) is 18.9 Å². The van der Waals surface area contributed by atoms with Gasteiger partial charge >= 0.3 is 6.09 Å². The molecule has 1 aromatic carbocycles. The van der Waals surface area contributed by atoms with Crippen LogP contribution in [0.1, 0.15) is 18.4 Å². The summed E-state index contributed by atoms with van der Waals surface area (Å²) in [5.74, 6) is 1.05. The predicted molar refractivity (Wildman–Crippen MR) is 64.8 cm³/mol. The minimum Gasteiger partial charge on any atom is -0.445 e. The molecular weight excluding hydrogens is 230 g/mol. The highest BCUT2D eigenvalue weighted by Crippen LogP contribution is 2.50. The van der Waals surface area contributed by atoms with Crippen LogP contribution in [0.2, 0.25) is 0 Å². The highest BCUT2D eigenvalue weighted by Gasteiger charge is 2.56. The van der Waals surface area contributed by atoms with Gasteiger partial charge in [-0.3, -0.25) is 4.79 Å². The van der Waals surface area contributed by atoms with E-state index in [4.69, 9.17) is 4.74 Å². The zero-order valence-electron chi connectivity index (χ0n) is 9.96. The molecule has 0 saturated heterocycles. The average molecular weight is 245 g/mol. The van der Waals surface area contributed by atoms with Gasteiger partial charge in [-0.1, -0.05) is 30.3 Å². The molecule has 2 fully saturated rings. The number of hydrogen-bond donors (Lipinski definition) is 1. The molecule has 0 aliphatic heterocycles. The van der Waals surface area contributed by atoms with E-state index in [0.29, 0.717) is 30.5 Å². The SMILES string of the molecule is O=C1C[C@@H]2C(NC(=O)OCc3ccccc3)[C@@H]2C1. The number of fused-ring (bicyclic) bond motifs is 1. The smallest absolute Gasteiger partial charge is 0.407 e. The van der Waals surface area contributed by atoms with Crippen LogP contribution in [0.4, 0.5) is 4.79 Å². The molecule has 0 aromatic heterocycles. The second-order valence-corrected chi connectivity index (χ2v) is 5.01. The number of amides is 1. The van der Waals surface area contributed by atoms with Gasteiger partial charge in [-0.05, 0) is 17.4 Å². The zero-order valence-corrected chi connectivity index (χ0v) is 9.96. The summed E-state index contributed by atoms with van der Waals surface area (Å²) >= 11 is 0. The lowest BCUT2D eigenvalue weighted by Gasteiger charge is -2.08.